The molecular formula is C20H19FN2O2. The number of methoxy groups -OCH3 is 1. The molecule has 0 amide bonds. The van der Waals surface area contributed by atoms with Crippen molar-refractivity contribution in [3.63, 3.8) is 0 Å². The minimum absolute atomic E-state index is 0.161. The largest absolute Gasteiger partial charge is 0.423 e. The summed E-state index contributed by atoms with van der Waals surface area (Å²) in [7, 11) is 1.77. The minimum Gasteiger partial charge on any atom is -0.423 e. The van der Waals surface area contributed by atoms with E-state index in [0.29, 0.717) is 11.8 Å². The van der Waals surface area contributed by atoms with Gasteiger partial charge in [-0.1, -0.05) is 18.2 Å². The fourth-order valence-corrected chi connectivity index (χ4v) is 3.19. The Hall–Kier alpha value is -2.66. The summed E-state index contributed by atoms with van der Waals surface area (Å²) in [5.41, 5.74) is 2.69. The molecule has 1 saturated carbocycles. The number of hydrogen-bond donors (Lipinski definition) is 1. The molecule has 1 N–H and O–H groups in total. The maximum absolute atomic E-state index is 13.0. The number of aromatic nitrogens is 1. The van der Waals surface area contributed by atoms with E-state index in [1.807, 2.05) is 12.1 Å². The first-order valence-corrected chi connectivity index (χ1v) is 8.33. The third kappa shape index (κ3) is 3.03. The second kappa shape index (κ2) is 6.33. The molecule has 0 unspecified atom stereocenters. The average molecular weight is 338 g/mol. The molecule has 1 heterocycles. The van der Waals surface area contributed by atoms with Crippen LogP contribution in [0.5, 0.6) is 0 Å². The predicted molar refractivity (Wildman–Crippen MR) is 94.2 cm³/mol. The van der Waals surface area contributed by atoms with Crippen LogP contribution in [-0.2, 0) is 10.3 Å². The highest BCUT2D eigenvalue weighted by atomic mass is 19.1. The molecule has 4 nitrogen and oxygen atoms in total. The number of nitrogens with one attached hydrogen (secondary N) is 1. The van der Waals surface area contributed by atoms with E-state index in [1.54, 1.807) is 25.4 Å². The quantitative estimate of drug-likeness (QED) is 0.690. The lowest BCUT2D eigenvalue weighted by Crippen LogP contribution is -2.35. The van der Waals surface area contributed by atoms with Gasteiger partial charge in [-0.3, -0.25) is 0 Å². The van der Waals surface area contributed by atoms with Crippen LogP contribution in [0.25, 0.3) is 11.3 Å². The lowest BCUT2D eigenvalue weighted by atomic mass is 9.74. The minimum atomic E-state index is -0.279. The van der Waals surface area contributed by atoms with Gasteiger partial charge in [0, 0.05) is 18.4 Å². The highest BCUT2D eigenvalue weighted by Crippen LogP contribution is 2.45. The number of anilines is 2. The van der Waals surface area contributed by atoms with E-state index >= 15 is 0 Å². The Balaban J connectivity index is 1.57. The first kappa shape index (κ1) is 15.8. The van der Waals surface area contributed by atoms with E-state index in [1.165, 1.54) is 24.1 Å². The van der Waals surface area contributed by atoms with Gasteiger partial charge in [-0.25, -0.2) is 9.37 Å². The van der Waals surface area contributed by atoms with Gasteiger partial charge in [0.05, 0.1) is 11.8 Å². The molecule has 1 aliphatic carbocycles. The molecule has 0 radical (unpaired) electrons. The van der Waals surface area contributed by atoms with Crippen LogP contribution in [-0.4, -0.2) is 12.1 Å². The SMILES string of the molecule is COC1(c2cccc(-c3cnc(Nc4ccc(F)cc4)o3)c2)CCC1. The number of rotatable bonds is 5. The molecule has 0 spiro atoms. The molecule has 2 aromatic carbocycles. The monoisotopic (exact) mass is 338 g/mol. The zero-order valence-corrected chi connectivity index (χ0v) is 14.0. The highest BCUT2D eigenvalue weighted by molar-refractivity contribution is 5.61. The average Bonchev–Trinajstić information content (AvgIpc) is 3.05. The molecule has 1 aromatic heterocycles. The maximum Gasteiger partial charge on any atom is 0.299 e. The van der Waals surface area contributed by atoms with Crippen molar-refractivity contribution in [2.45, 2.75) is 24.9 Å². The van der Waals surface area contributed by atoms with Gasteiger partial charge in [-0.15, -0.1) is 0 Å². The lowest BCUT2D eigenvalue weighted by Gasteiger charge is -2.41. The Morgan fingerprint density at radius 3 is 2.64 bits per heavy atom. The predicted octanol–water partition coefficient (Wildman–Crippen LogP) is 5.25. The van der Waals surface area contributed by atoms with Crippen molar-refractivity contribution in [2.24, 2.45) is 0 Å². The van der Waals surface area contributed by atoms with Crippen LogP contribution in [0.2, 0.25) is 0 Å². The molecule has 1 aliphatic rings. The first-order chi connectivity index (χ1) is 12.2. The number of benzene rings is 2. The molecule has 4 rings (SSSR count). The van der Waals surface area contributed by atoms with Gasteiger partial charge in [-0.2, -0.15) is 0 Å². The third-order valence-electron chi connectivity index (χ3n) is 4.83. The van der Waals surface area contributed by atoms with Crippen molar-refractivity contribution >= 4 is 11.7 Å². The second-order valence-corrected chi connectivity index (χ2v) is 6.29. The highest BCUT2D eigenvalue weighted by Gasteiger charge is 2.38. The molecule has 1 fully saturated rings. The van der Waals surface area contributed by atoms with Crippen molar-refractivity contribution in [2.75, 3.05) is 12.4 Å². The summed E-state index contributed by atoms with van der Waals surface area (Å²) >= 11 is 0. The molecule has 0 aliphatic heterocycles. The lowest BCUT2D eigenvalue weighted by molar-refractivity contribution is -0.0778. The second-order valence-electron chi connectivity index (χ2n) is 6.29. The van der Waals surface area contributed by atoms with Gasteiger partial charge in [-0.05, 0) is 55.2 Å². The Bertz CT molecular complexity index is 864. The summed E-state index contributed by atoms with van der Waals surface area (Å²) in [5.74, 6) is 0.399. The molecular weight excluding hydrogens is 319 g/mol. The molecule has 0 bridgehead atoms. The van der Waals surface area contributed by atoms with E-state index < -0.39 is 0 Å². The molecule has 3 aromatic rings. The van der Waals surface area contributed by atoms with Gasteiger partial charge in [0.25, 0.3) is 6.01 Å². The van der Waals surface area contributed by atoms with Crippen molar-refractivity contribution in [3.05, 3.63) is 66.1 Å². The van der Waals surface area contributed by atoms with Crippen molar-refractivity contribution in [1.82, 2.24) is 4.98 Å². The maximum atomic E-state index is 13.0. The van der Waals surface area contributed by atoms with Crippen LogP contribution in [0.4, 0.5) is 16.1 Å². The molecule has 5 heteroatoms. The summed E-state index contributed by atoms with van der Waals surface area (Å²) in [5, 5.41) is 3.03. The van der Waals surface area contributed by atoms with Crippen LogP contribution in [0.1, 0.15) is 24.8 Å². The number of halogens is 1. The summed E-state index contributed by atoms with van der Waals surface area (Å²) in [6, 6.07) is 14.6. The summed E-state index contributed by atoms with van der Waals surface area (Å²) < 4.78 is 24.5. The topological polar surface area (TPSA) is 47.3 Å². The molecule has 0 saturated heterocycles. The number of oxazole rings is 1. The Morgan fingerprint density at radius 2 is 1.96 bits per heavy atom. The van der Waals surface area contributed by atoms with E-state index in [0.717, 1.165) is 24.1 Å². The Morgan fingerprint density at radius 1 is 1.16 bits per heavy atom. The van der Waals surface area contributed by atoms with Crippen LogP contribution in [0, 0.1) is 5.82 Å². The summed E-state index contributed by atoms with van der Waals surface area (Å²) in [6.45, 7) is 0. The fourth-order valence-electron chi connectivity index (χ4n) is 3.19. The van der Waals surface area contributed by atoms with Crippen LogP contribution in [0.3, 0.4) is 0 Å². The number of nitrogens with zero attached hydrogens (tertiary/aromatic N) is 1. The first-order valence-electron chi connectivity index (χ1n) is 8.33. The Kier molecular flexibility index (Phi) is 4.01. The van der Waals surface area contributed by atoms with E-state index in [2.05, 4.69) is 22.4 Å². The van der Waals surface area contributed by atoms with Crippen LogP contribution in [0.15, 0.2) is 59.1 Å². The van der Waals surface area contributed by atoms with Crippen molar-refractivity contribution in [3.8, 4) is 11.3 Å². The zero-order valence-electron chi connectivity index (χ0n) is 14.0. The van der Waals surface area contributed by atoms with Crippen LogP contribution >= 0.6 is 0 Å². The fraction of sp³-hybridized carbons (Fsp3) is 0.250. The van der Waals surface area contributed by atoms with E-state index in [9.17, 15) is 4.39 Å². The van der Waals surface area contributed by atoms with E-state index in [4.69, 9.17) is 9.15 Å². The third-order valence-corrected chi connectivity index (χ3v) is 4.83. The van der Waals surface area contributed by atoms with Crippen LogP contribution < -0.4 is 5.32 Å². The van der Waals surface area contributed by atoms with Gasteiger partial charge in [0.1, 0.15) is 5.82 Å². The molecule has 128 valence electrons. The van der Waals surface area contributed by atoms with Gasteiger partial charge >= 0.3 is 0 Å². The normalized spacial score (nSPS) is 15.6. The van der Waals surface area contributed by atoms with Gasteiger partial charge in [0.2, 0.25) is 0 Å². The van der Waals surface area contributed by atoms with E-state index in [-0.39, 0.29) is 11.4 Å². The summed E-state index contributed by atoms with van der Waals surface area (Å²) in [4.78, 5) is 4.25. The standard InChI is InChI=1S/C20H19FN2O2/c1-24-20(10-3-11-20)15-5-2-4-14(12-15)18-13-22-19(25-18)23-17-8-6-16(21)7-9-17/h2,4-9,12-13H,3,10-11H2,1H3,(H,22,23). The van der Waals surface area contributed by atoms with Crippen molar-refractivity contribution < 1.29 is 13.5 Å². The zero-order chi connectivity index (χ0) is 17.3. The Labute approximate surface area is 145 Å². The molecule has 25 heavy (non-hydrogen) atoms. The number of ether oxygens (including phenoxy) is 1. The van der Waals surface area contributed by atoms with Crippen molar-refractivity contribution in [1.29, 1.82) is 0 Å². The van der Waals surface area contributed by atoms with Gasteiger partial charge < -0.3 is 14.5 Å². The smallest absolute Gasteiger partial charge is 0.299 e. The molecule has 0 atom stereocenters. The summed E-state index contributed by atoms with van der Waals surface area (Å²) in [6.07, 6.45) is 4.96. The number of hydrogen-bond acceptors (Lipinski definition) is 4. The van der Waals surface area contributed by atoms with Gasteiger partial charge in [0.15, 0.2) is 5.76 Å².